The van der Waals surface area contributed by atoms with Crippen LogP contribution in [0.2, 0.25) is 0 Å². The minimum atomic E-state index is -3.37. The average molecular weight is 334 g/mol. The first-order valence-electron chi connectivity index (χ1n) is 6.98. The van der Waals surface area contributed by atoms with Crippen LogP contribution >= 0.6 is 0 Å². The Labute approximate surface area is 135 Å². The zero-order valence-electron chi connectivity index (χ0n) is 12.7. The third kappa shape index (κ3) is 5.99. The molecule has 2 aromatic rings. The third-order valence-corrected chi connectivity index (χ3v) is 3.43. The fourth-order valence-electron chi connectivity index (χ4n) is 1.89. The molecule has 0 unspecified atom stereocenters. The van der Waals surface area contributed by atoms with Crippen molar-refractivity contribution in [3.8, 4) is 5.75 Å². The molecule has 2 aromatic carbocycles. The number of carbonyl (C=O) groups is 1. The van der Waals surface area contributed by atoms with Crippen LogP contribution in [0, 0.1) is 0 Å². The van der Waals surface area contributed by atoms with Gasteiger partial charge in [-0.3, -0.25) is 9.52 Å². The average Bonchev–Trinajstić information content (AvgIpc) is 2.51. The molecule has 2 N–H and O–H groups in total. The maximum atomic E-state index is 12.0. The summed E-state index contributed by atoms with van der Waals surface area (Å²) in [5.74, 6) is 0.444. The highest BCUT2D eigenvalue weighted by Crippen LogP contribution is 2.12. The van der Waals surface area contributed by atoms with E-state index in [1.165, 1.54) is 6.07 Å². The highest BCUT2D eigenvalue weighted by Gasteiger charge is 2.08. The summed E-state index contributed by atoms with van der Waals surface area (Å²) >= 11 is 0. The van der Waals surface area contributed by atoms with E-state index in [1.54, 1.807) is 18.2 Å². The summed E-state index contributed by atoms with van der Waals surface area (Å²) in [6, 6.07) is 15.6. The van der Waals surface area contributed by atoms with Crippen molar-refractivity contribution < 1.29 is 17.9 Å². The fraction of sp³-hybridized carbons (Fsp3) is 0.188. The number of carbonyl (C=O) groups excluding carboxylic acids is 1. The lowest BCUT2D eigenvalue weighted by Crippen LogP contribution is -2.28. The van der Waals surface area contributed by atoms with Gasteiger partial charge in [-0.1, -0.05) is 24.3 Å². The van der Waals surface area contributed by atoms with Gasteiger partial charge in [0.2, 0.25) is 10.0 Å². The van der Waals surface area contributed by atoms with Gasteiger partial charge in [-0.05, 0) is 30.3 Å². The van der Waals surface area contributed by atoms with Crippen molar-refractivity contribution in [2.75, 3.05) is 24.1 Å². The van der Waals surface area contributed by atoms with E-state index in [-0.39, 0.29) is 5.91 Å². The number of sulfonamides is 1. The number of hydrogen-bond donors (Lipinski definition) is 2. The highest BCUT2D eigenvalue weighted by molar-refractivity contribution is 7.92. The van der Waals surface area contributed by atoms with E-state index in [2.05, 4.69) is 10.0 Å². The minimum absolute atomic E-state index is 0.293. The monoisotopic (exact) mass is 334 g/mol. The van der Waals surface area contributed by atoms with Crippen LogP contribution in [0.5, 0.6) is 5.75 Å². The van der Waals surface area contributed by atoms with Gasteiger partial charge in [0.25, 0.3) is 5.91 Å². The molecule has 0 bridgehead atoms. The van der Waals surface area contributed by atoms with Crippen LogP contribution in [-0.4, -0.2) is 33.7 Å². The van der Waals surface area contributed by atoms with Crippen LogP contribution in [0.3, 0.4) is 0 Å². The van der Waals surface area contributed by atoms with Crippen LogP contribution in [0.15, 0.2) is 54.6 Å². The lowest BCUT2D eigenvalue weighted by molar-refractivity contribution is 0.0947. The Morgan fingerprint density at radius 2 is 1.83 bits per heavy atom. The first-order valence-corrected chi connectivity index (χ1v) is 8.87. The minimum Gasteiger partial charge on any atom is -0.492 e. The van der Waals surface area contributed by atoms with E-state index in [4.69, 9.17) is 4.74 Å². The van der Waals surface area contributed by atoms with Crippen LogP contribution in [0.4, 0.5) is 5.69 Å². The zero-order chi connectivity index (χ0) is 16.7. The number of rotatable bonds is 7. The molecule has 122 valence electrons. The van der Waals surface area contributed by atoms with Crippen LogP contribution in [-0.2, 0) is 10.0 Å². The smallest absolute Gasteiger partial charge is 0.251 e. The van der Waals surface area contributed by atoms with E-state index < -0.39 is 10.0 Å². The summed E-state index contributed by atoms with van der Waals surface area (Å²) in [5.41, 5.74) is 0.721. The molecule has 0 saturated heterocycles. The van der Waals surface area contributed by atoms with Crippen molar-refractivity contribution >= 4 is 21.6 Å². The second-order valence-corrected chi connectivity index (χ2v) is 6.62. The molecule has 1 amide bonds. The fourth-order valence-corrected chi connectivity index (χ4v) is 2.45. The van der Waals surface area contributed by atoms with Crippen molar-refractivity contribution in [2.24, 2.45) is 0 Å². The summed E-state index contributed by atoms with van der Waals surface area (Å²) in [7, 11) is -3.37. The molecule has 0 aliphatic rings. The first-order chi connectivity index (χ1) is 10.9. The Hall–Kier alpha value is -2.54. The summed E-state index contributed by atoms with van der Waals surface area (Å²) in [6.45, 7) is 0.689. The predicted octanol–water partition coefficient (Wildman–Crippen LogP) is 1.87. The first kappa shape index (κ1) is 16.8. The number of anilines is 1. The molecule has 0 aromatic heterocycles. The Bertz CT molecular complexity index is 761. The van der Waals surface area contributed by atoms with Gasteiger partial charge in [0, 0.05) is 11.3 Å². The SMILES string of the molecule is CS(=O)(=O)Nc1cccc(C(=O)NCCOc2ccccc2)c1. The summed E-state index contributed by atoms with van der Waals surface area (Å²) < 4.78 is 30.2. The van der Waals surface area contributed by atoms with Gasteiger partial charge in [0.05, 0.1) is 12.8 Å². The maximum Gasteiger partial charge on any atom is 0.251 e. The third-order valence-electron chi connectivity index (χ3n) is 2.83. The molecule has 0 radical (unpaired) electrons. The molecule has 0 saturated carbocycles. The second kappa shape index (κ2) is 7.64. The van der Waals surface area contributed by atoms with E-state index in [9.17, 15) is 13.2 Å². The van der Waals surface area contributed by atoms with E-state index in [1.807, 2.05) is 30.3 Å². The van der Waals surface area contributed by atoms with Crippen molar-refractivity contribution in [3.05, 3.63) is 60.2 Å². The summed E-state index contributed by atoms with van der Waals surface area (Å²) in [4.78, 5) is 12.0. The number of ether oxygens (including phenoxy) is 1. The Balaban J connectivity index is 1.85. The zero-order valence-corrected chi connectivity index (χ0v) is 13.5. The normalized spacial score (nSPS) is 10.8. The summed E-state index contributed by atoms with van der Waals surface area (Å²) in [5, 5.41) is 2.72. The van der Waals surface area contributed by atoms with Crippen molar-refractivity contribution in [2.45, 2.75) is 0 Å². The maximum absolute atomic E-state index is 12.0. The molecule has 6 nitrogen and oxygen atoms in total. The standard InChI is InChI=1S/C16H18N2O4S/c1-23(20,21)18-14-7-5-6-13(12-14)16(19)17-10-11-22-15-8-3-2-4-9-15/h2-9,12,18H,10-11H2,1H3,(H,17,19). The lowest BCUT2D eigenvalue weighted by atomic mass is 10.2. The molecule has 0 atom stereocenters. The van der Waals surface area contributed by atoms with Crippen LogP contribution < -0.4 is 14.8 Å². The van der Waals surface area contributed by atoms with E-state index in [0.717, 1.165) is 12.0 Å². The van der Waals surface area contributed by atoms with Crippen LogP contribution in [0.1, 0.15) is 10.4 Å². The topological polar surface area (TPSA) is 84.5 Å². The van der Waals surface area contributed by atoms with Crippen molar-refractivity contribution in [3.63, 3.8) is 0 Å². The Morgan fingerprint density at radius 1 is 1.09 bits per heavy atom. The molecule has 23 heavy (non-hydrogen) atoms. The molecule has 2 rings (SSSR count). The van der Waals surface area contributed by atoms with Gasteiger partial charge in [-0.25, -0.2) is 8.42 Å². The number of amides is 1. The van der Waals surface area contributed by atoms with Gasteiger partial charge in [0.1, 0.15) is 12.4 Å². The quantitative estimate of drug-likeness (QED) is 0.757. The molecular weight excluding hydrogens is 316 g/mol. The highest BCUT2D eigenvalue weighted by atomic mass is 32.2. The molecule has 0 aliphatic heterocycles. The number of hydrogen-bond acceptors (Lipinski definition) is 4. The van der Waals surface area contributed by atoms with Gasteiger partial charge in [-0.15, -0.1) is 0 Å². The Morgan fingerprint density at radius 3 is 2.52 bits per heavy atom. The molecule has 7 heteroatoms. The van der Waals surface area contributed by atoms with Crippen molar-refractivity contribution in [1.82, 2.24) is 5.32 Å². The molecule has 0 fully saturated rings. The van der Waals surface area contributed by atoms with Gasteiger partial charge < -0.3 is 10.1 Å². The van der Waals surface area contributed by atoms with Gasteiger partial charge in [0.15, 0.2) is 0 Å². The predicted molar refractivity (Wildman–Crippen MR) is 89.2 cm³/mol. The van der Waals surface area contributed by atoms with Gasteiger partial charge >= 0.3 is 0 Å². The molecule has 0 spiro atoms. The summed E-state index contributed by atoms with van der Waals surface area (Å²) in [6.07, 6.45) is 1.06. The van der Waals surface area contributed by atoms with Crippen molar-refractivity contribution in [1.29, 1.82) is 0 Å². The lowest BCUT2D eigenvalue weighted by Gasteiger charge is -2.09. The second-order valence-electron chi connectivity index (χ2n) is 4.87. The molecular formula is C16H18N2O4S. The Kier molecular flexibility index (Phi) is 5.59. The van der Waals surface area contributed by atoms with Crippen LogP contribution in [0.25, 0.3) is 0 Å². The van der Waals surface area contributed by atoms with Gasteiger partial charge in [-0.2, -0.15) is 0 Å². The number of nitrogens with one attached hydrogen (secondary N) is 2. The van der Waals surface area contributed by atoms with E-state index >= 15 is 0 Å². The largest absolute Gasteiger partial charge is 0.492 e. The van der Waals surface area contributed by atoms with E-state index in [0.29, 0.717) is 24.4 Å². The number of para-hydroxylation sites is 1. The number of benzene rings is 2. The molecule has 0 aliphatic carbocycles. The molecule has 0 heterocycles.